The molecule has 4 nitrogen and oxygen atoms in total. The van der Waals surface area contributed by atoms with E-state index < -0.39 is 17.7 Å². The highest BCUT2D eigenvalue weighted by Gasteiger charge is 2.34. The Labute approximate surface area is 132 Å². The monoisotopic (exact) mass is 328 g/mol. The first-order valence-corrected chi connectivity index (χ1v) is 7.78. The molecule has 1 aromatic carbocycles. The fourth-order valence-corrected chi connectivity index (χ4v) is 2.62. The number of carbonyl (C=O) groups is 1. The summed E-state index contributed by atoms with van der Waals surface area (Å²) in [6, 6.07) is 3.58. The molecule has 0 unspecified atom stereocenters. The van der Waals surface area contributed by atoms with Gasteiger partial charge in [-0.2, -0.15) is 13.2 Å². The topological polar surface area (TPSA) is 41.6 Å². The summed E-state index contributed by atoms with van der Waals surface area (Å²) in [7, 11) is 0. The van der Waals surface area contributed by atoms with E-state index in [0.29, 0.717) is 12.1 Å². The Morgan fingerprint density at radius 3 is 2.52 bits per heavy atom. The van der Waals surface area contributed by atoms with Crippen LogP contribution in [0, 0.1) is 5.92 Å². The van der Waals surface area contributed by atoms with Crippen LogP contribution < -0.4 is 10.1 Å². The minimum Gasteiger partial charge on any atom is -0.426 e. The summed E-state index contributed by atoms with van der Waals surface area (Å²) < 4.78 is 44.3. The molecule has 0 spiro atoms. The number of nitrogens with one attached hydrogen (secondary N) is 1. The molecule has 1 saturated carbocycles. The number of carbonyl (C=O) groups excluding carboxylic acids is 1. The fraction of sp³-hybridized carbons (Fsp3) is 0.562. The number of piperazine rings is 1. The zero-order chi connectivity index (χ0) is 16.4. The Morgan fingerprint density at radius 1 is 1.22 bits per heavy atom. The highest BCUT2D eigenvalue weighted by molar-refractivity contribution is 5.77. The first kappa shape index (κ1) is 16.3. The van der Waals surface area contributed by atoms with E-state index in [4.69, 9.17) is 4.74 Å². The summed E-state index contributed by atoms with van der Waals surface area (Å²) in [4.78, 5) is 13.8. The molecule has 0 radical (unpaired) electrons. The van der Waals surface area contributed by atoms with Crippen molar-refractivity contribution in [2.75, 3.05) is 26.2 Å². The van der Waals surface area contributed by atoms with Crippen molar-refractivity contribution in [1.29, 1.82) is 0 Å². The van der Waals surface area contributed by atoms with E-state index in [1.807, 2.05) is 0 Å². The molecule has 7 heteroatoms. The SMILES string of the molecule is O=C(Oc1cc(CN2CCNCC2)cc(C(F)(F)F)c1)C1CC1. The lowest BCUT2D eigenvalue weighted by Crippen LogP contribution is -2.42. The molecular formula is C16H19F3N2O2. The predicted octanol–water partition coefficient (Wildman–Crippen LogP) is 2.43. The zero-order valence-corrected chi connectivity index (χ0v) is 12.7. The predicted molar refractivity (Wildman–Crippen MR) is 77.9 cm³/mol. The average molecular weight is 328 g/mol. The third-order valence-electron chi connectivity index (χ3n) is 4.04. The minimum atomic E-state index is -4.46. The summed E-state index contributed by atoms with van der Waals surface area (Å²) in [6.45, 7) is 3.63. The van der Waals surface area contributed by atoms with Crippen molar-refractivity contribution in [3.63, 3.8) is 0 Å². The Kier molecular flexibility index (Phi) is 4.59. The number of benzene rings is 1. The Morgan fingerprint density at radius 2 is 1.91 bits per heavy atom. The van der Waals surface area contributed by atoms with Crippen molar-refractivity contribution < 1.29 is 22.7 Å². The molecule has 1 aliphatic heterocycles. The molecule has 0 aromatic heterocycles. The summed E-state index contributed by atoms with van der Waals surface area (Å²) in [6.07, 6.45) is -2.95. The summed E-state index contributed by atoms with van der Waals surface area (Å²) in [5, 5.41) is 3.20. The van der Waals surface area contributed by atoms with Crippen LogP contribution in [0.25, 0.3) is 0 Å². The molecule has 1 saturated heterocycles. The number of hydrogen-bond acceptors (Lipinski definition) is 4. The van der Waals surface area contributed by atoms with Crippen LogP contribution in [-0.2, 0) is 17.5 Å². The van der Waals surface area contributed by atoms with Gasteiger partial charge >= 0.3 is 12.1 Å². The maximum absolute atomic E-state index is 13.1. The lowest BCUT2D eigenvalue weighted by Gasteiger charge is -2.27. The number of rotatable bonds is 4. The summed E-state index contributed by atoms with van der Waals surface area (Å²) >= 11 is 0. The Bertz CT molecular complexity index is 579. The molecule has 23 heavy (non-hydrogen) atoms. The highest BCUT2D eigenvalue weighted by Crippen LogP contribution is 2.35. The zero-order valence-electron chi connectivity index (χ0n) is 12.7. The van der Waals surface area contributed by atoms with Crippen molar-refractivity contribution in [2.24, 2.45) is 5.92 Å². The second kappa shape index (κ2) is 6.49. The third-order valence-corrected chi connectivity index (χ3v) is 4.04. The van der Waals surface area contributed by atoms with E-state index in [1.54, 1.807) is 0 Å². The fourth-order valence-electron chi connectivity index (χ4n) is 2.62. The molecule has 2 aliphatic rings. The first-order valence-electron chi connectivity index (χ1n) is 7.78. The van der Waals surface area contributed by atoms with Crippen LogP contribution in [0.15, 0.2) is 18.2 Å². The van der Waals surface area contributed by atoms with Gasteiger partial charge in [-0.1, -0.05) is 0 Å². The van der Waals surface area contributed by atoms with Crippen LogP contribution in [0.1, 0.15) is 24.0 Å². The van der Waals surface area contributed by atoms with Gasteiger partial charge in [0.15, 0.2) is 0 Å². The maximum atomic E-state index is 13.1. The molecule has 1 aromatic rings. The molecule has 126 valence electrons. The largest absolute Gasteiger partial charge is 0.426 e. The molecule has 0 bridgehead atoms. The number of esters is 1. The van der Waals surface area contributed by atoms with Gasteiger partial charge in [-0.25, -0.2) is 0 Å². The van der Waals surface area contributed by atoms with E-state index in [0.717, 1.165) is 51.2 Å². The van der Waals surface area contributed by atoms with Crippen molar-refractivity contribution in [3.8, 4) is 5.75 Å². The molecule has 1 N–H and O–H groups in total. The van der Waals surface area contributed by atoms with Crippen LogP contribution in [0.3, 0.4) is 0 Å². The first-order chi connectivity index (χ1) is 10.9. The Hall–Kier alpha value is -1.60. The number of nitrogens with zero attached hydrogens (tertiary/aromatic N) is 1. The van der Waals surface area contributed by atoms with E-state index in [9.17, 15) is 18.0 Å². The number of hydrogen-bond donors (Lipinski definition) is 1. The van der Waals surface area contributed by atoms with Gasteiger partial charge in [0.1, 0.15) is 5.75 Å². The number of ether oxygens (including phenoxy) is 1. The van der Waals surface area contributed by atoms with Crippen molar-refractivity contribution in [3.05, 3.63) is 29.3 Å². The van der Waals surface area contributed by atoms with Crippen molar-refractivity contribution >= 4 is 5.97 Å². The molecule has 3 rings (SSSR count). The van der Waals surface area contributed by atoms with Crippen LogP contribution in [-0.4, -0.2) is 37.0 Å². The van der Waals surface area contributed by atoms with Gasteiger partial charge in [-0.05, 0) is 36.6 Å². The lowest BCUT2D eigenvalue weighted by atomic mass is 10.1. The molecule has 0 atom stereocenters. The minimum absolute atomic E-state index is 0.0122. The van der Waals surface area contributed by atoms with Gasteiger partial charge < -0.3 is 10.1 Å². The summed E-state index contributed by atoms with van der Waals surface area (Å²) in [5.41, 5.74) is -0.260. The molecular weight excluding hydrogens is 309 g/mol. The van der Waals surface area contributed by atoms with E-state index in [1.165, 1.54) is 6.07 Å². The number of alkyl halides is 3. The second-order valence-corrected chi connectivity index (χ2v) is 6.08. The van der Waals surface area contributed by atoms with Gasteiger partial charge in [-0.15, -0.1) is 0 Å². The van der Waals surface area contributed by atoms with E-state index in [-0.39, 0.29) is 11.7 Å². The molecule has 1 heterocycles. The van der Waals surface area contributed by atoms with Gasteiger partial charge in [0, 0.05) is 32.7 Å². The average Bonchev–Trinajstić information content (AvgIpc) is 3.32. The van der Waals surface area contributed by atoms with Gasteiger partial charge in [0.05, 0.1) is 11.5 Å². The van der Waals surface area contributed by atoms with Crippen molar-refractivity contribution in [1.82, 2.24) is 10.2 Å². The van der Waals surface area contributed by atoms with E-state index in [2.05, 4.69) is 10.2 Å². The smallest absolute Gasteiger partial charge is 0.416 e. The van der Waals surface area contributed by atoms with Crippen LogP contribution in [0.5, 0.6) is 5.75 Å². The quantitative estimate of drug-likeness (QED) is 0.681. The third kappa shape index (κ3) is 4.45. The van der Waals surface area contributed by atoms with Gasteiger partial charge in [0.2, 0.25) is 0 Å². The second-order valence-electron chi connectivity index (χ2n) is 6.08. The highest BCUT2D eigenvalue weighted by atomic mass is 19.4. The normalized spacial score (nSPS) is 19.6. The number of halogens is 3. The Balaban J connectivity index is 1.79. The summed E-state index contributed by atoms with van der Waals surface area (Å²) in [5.74, 6) is -0.597. The lowest BCUT2D eigenvalue weighted by molar-refractivity contribution is -0.139. The molecule has 0 amide bonds. The van der Waals surface area contributed by atoms with Crippen LogP contribution in [0.2, 0.25) is 0 Å². The molecule has 2 fully saturated rings. The molecule has 1 aliphatic carbocycles. The van der Waals surface area contributed by atoms with Crippen LogP contribution >= 0.6 is 0 Å². The maximum Gasteiger partial charge on any atom is 0.416 e. The van der Waals surface area contributed by atoms with Crippen LogP contribution in [0.4, 0.5) is 13.2 Å². The van der Waals surface area contributed by atoms with E-state index >= 15 is 0 Å². The van der Waals surface area contributed by atoms with Gasteiger partial charge in [-0.3, -0.25) is 9.69 Å². The van der Waals surface area contributed by atoms with Crippen molar-refractivity contribution in [2.45, 2.75) is 25.6 Å². The standard InChI is InChI=1S/C16H19F3N2O2/c17-16(18,19)13-7-11(10-21-5-3-20-4-6-21)8-14(9-13)23-15(22)12-1-2-12/h7-9,12,20H,1-6,10H2. The van der Waals surface area contributed by atoms with Gasteiger partial charge in [0.25, 0.3) is 0 Å².